The molecule has 10 heteroatoms. The van der Waals surface area contributed by atoms with E-state index in [-0.39, 0.29) is 11.9 Å². The van der Waals surface area contributed by atoms with Crippen LogP contribution in [0.25, 0.3) is 10.2 Å². The van der Waals surface area contributed by atoms with E-state index >= 15 is 0 Å². The predicted octanol–water partition coefficient (Wildman–Crippen LogP) is 6.78. The number of ether oxygens (including phenoxy) is 1. The van der Waals surface area contributed by atoms with Gasteiger partial charge in [-0.2, -0.15) is 10.4 Å². The number of rotatable bonds is 11. The van der Waals surface area contributed by atoms with Gasteiger partial charge in [-0.3, -0.25) is 4.79 Å². The molecule has 8 nitrogen and oxygen atoms in total. The fraction of sp³-hybridized carbons (Fsp3) is 0.385. The quantitative estimate of drug-likeness (QED) is 0.0678. The standard InChI is InChI=1S/C26H27ClN4O4S/c27-35-34-23-14-13-21(33-25(32)19-9-3-1-4-10-19)17-20(23)18-29-31(16-8-2-7-15-28)26-30-22-11-5-6-12-24(22)36-26/h5-6,11-14,17-19H,1-4,7-10,16H2/b29-18+. The number of esters is 1. The summed E-state index contributed by atoms with van der Waals surface area (Å²) in [5.41, 5.74) is 1.42. The number of nitriles is 1. The lowest BCUT2D eigenvalue weighted by atomic mass is 9.89. The number of aromatic nitrogens is 1. The number of hydrogen-bond acceptors (Lipinski definition) is 9. The number of carbonyl (C=O) groups is 1. The Balaban J connectivity index is 1.56. The smallest absolute Gasteiger partial charge is 0.314 e. The van der Waals surface area contributed by atoms with Crippen LogP contribution in [0.3, 0.4) is 0 Å². The van der Waals surface area contributed by atoms with Crippen LogP contribution in [0.2, 0.25) is 0 Å². The van der Waals surface area contributed by atoms with Gasteiger partial charge >= 0.3 is 5.97 Å². The molecule has 4 rings (SSSR count). The van der Waals surface area contributed by atoms with Gasteiger partial charge in [-0.05, 0) is 56.0 Å². The molecule has 3 aromatic rings. The number of halogens is 1. The number of fused-ring (bicyclic) bond motifs is 1. The first-order chi connectivity index (χ1) is 17.7. The second-order valence-electron chi connectivity index (χ2n) is 8.55. The summed E-state index contributed by atoms with van der Waals surface area (Å²) in [5, 5.41) is 16.1. The summed E-state index contributed by atoms with van der Waals surface area (Å²) in [5.74, 6) is 0.434. The highest BCUT2D eigenvalue weighted by molar-refractivity contribution is 7.22. The Morgan fingerprint density at radius 3 is 2.83 bits per heavy atom. The minimum absolute atomic E-state index is 0.0686. The van der Waals surface area contributed by atoms with Crippen molar-refractivity contribution in [2.24, 2.45) is 11.0 Å². The number of hydrazone groups is 1. The van der Waals surface area contributed by atoms with Crippen molar-refractivity contribution in [3.05, 3.63) is 48.0 Å². The Morgan fingerprint density at radius 1 is 1.22 bits per heavy atom. The average Bonchev–Trinajstić information content (AvgIpc) is 3.34. The topological polar surface area (TPSA) is 97.0 Å². The molecular formula is C26H27ClN4O4S. The molecule has 0 N–H and O–H groups in total. The second-order valence-corrected chi connectivity index (χ2v) is 9.68. The van der Waals surface area contributed by atoms with Crippen molar-refractivity contribution in [3.63, 3.8) is 0 Å². The zero-order chi connectivity index (χ0) is 25.2. The van der Waals surface area contributed by atoms with Crippen molar-refractivity contribution in [3.8, 4) is 17.6 Å². The normalized spacial score (nSPS) is 14.1. The molecule has 0 saturated heterocycles. The minimum Gasteiger partial charge on any atom is -0.426 e. The van der Waals surface area contributed by atoms with Crippen molar-refractivity contribution >= 4 is 50.7 Å². The maximum absolute atomic E-state index is 12.6. The van der Waals surface area contributed by atoms with Crippen LogP contribution < -0.4 is 14.6 Å². The monoisotopic (exact) mass is 526 g/mol. The third kappa shape index (κ3) is 6.94. The zero-order valence-corrected chi connectivity index (χ0v) is 21.3. The van der Waals surface area contributed by atoms with E-state index in [0.29, 0.717) is 30.0 Å². The Labute approximate surface area is 219 Å². The lowest BCUT2D eigenvalue weighted by Crippen LogP contribution is -2.22. The third-order valence-electron chi connectivity index (χ3n) is 6.01. The summed E-state index contributed by atoms with van der Waals surface area (Å²) in [7, 11) is 0. The zero-order valence-electron chi connectivity index (χ0n) is 19.8. The van der Waals surface area contributed by atoms with Gasteiger partial charge in [0.15, 0.2) is 5.75 Å². The summed E-state index contributed by atoms with van der Waals surface area (Å²) < 4.78 is 11.1. The van der Waals surface area contributed by atoms with Gasteiger partial charge in [-0.1, -0.05) is 47.2 Å². The number of anilines is 1. The molecule has 1 aliphatic carbocycles. The molecule has 0 atom stereocenters. The predicted molar refractivity (Wildman–Crippen MR) is 140 cm³/mol. The Hall–Kier alpha value is -3.19. The van der Waals surface area contributed by atoms with E-state index in [1.807, 2.05) is 24.3 Å². The fourth-order valence-corrected chi connectivity index (χ4v) is 5.13. The van der Waals surface area contributed by atoms with Crippen molar-refractivity contribution in [1.82, 2.24) is 4.98 Å². The second kappa shape index (κ2) is 13.2. The number of benzene rings is 2. The largest absolute Gasteiger partial charge is 0.426 e. The van der Waals surface area contributed by atoms with Crippen LogP contribution in [0.4, 0.5) is 5.13 Å². The van der Waals surface area contributed by atoms with E-state index in [9.17, 15) is 4.79 Å². The maximum atomic E-state index is 12.6. The lowest BCUT2D eigenvalue weighted by molar-refractivity contribution is -0.140. The van der Waals surface area contributed by atoms with Crippen LogP contribution in [-0.2, 0) is 9.23 Å². The molecule has 0 bridgehead atoms. The van der Waals surface area contributed by atoms with E-state index in [4.69, 9.17) is 31.7 Å². The Kier molecular flexibility index (Phi) is 9.50. The molecule has 1 fully saturated rings. The van der Waals surface area contributed by atoms with Crippen molar-refractivity contribution in [2.45, 2.75) is 51.4 Å². The summed E-state index contributed by atoms with van der Waals surface area (Å²) >= 11 is 6.87. The van der Waals surface area contributed by atoms with Crippen molar-refractivity contribution in [1.29, 1.82) is 5.26 Å². The summed E-state index contributed by atoms with van der Waals surface area (Å²) in [6.07, 6.45) is 8.59. The highest BCUT2D eigenvalue weighted by Crippen LogP contribution is 2.31. The van der Waals surface area contributed by atoms with Crippen LogP contribution in [0.15, 0.2) is 47.6 Å². The van der Waals surface area contributed by atoms with E-state index in [1.54, 1.807) is 29.4 Å². The molecule has 2 aromatic carbocycles. The number of nitrogens with zero attached hydrogens (tertiary/aromatic N) is 4. The van der Waals surface area contributed by atoms with Gasteiger partial charge in [0, 0.05) is 18.5 Å². The molecule has 1 aliphatic rings. The average molecular weight is 527 g/mol. The van der Waals surface area contributed by atoms with Gasteiger partial charge in [0.1, 0.15) is 17.6 Å². The van der Waals surface area contributed by atoms with Crippen molar-refractivity contribution in [2.75, 3.05) is 11.6 Å². The molecule has 1 heterocycles. The summed E-state index contributed by atoms with van der Waals surface area (Å²) in [6, 6.07) is 15.0. The number of carbonyl (C=O) groups excluding carboxylic acids is 1. The van der Waals surface area contributed by atoms with Crippen molar-refractivity contribution < 1.29 is 18.9 Å². The van der Waals surface area contributed by atoms with E-state index in [2.05, 4.69) is 15.6 Å². The third-order valence-corrected chi connectivity index (χ3v) is 7.12. The molecule has 0 aliphatic heterocycles. The van der Waals surface area contributed by atoms with Gasteiger partial charge in [-0.25, -0.2) is 9.99 Å². The Morgan fingerprint density at radius 2 is 2.06 bits per heavy atom. The Bertz CT molecular complexity index is 1200. The molecular weight excluding hydrogens is 500 g/mol. The minimum atomic E-state index is -0.214. The van der Waals surface area contributed by atoms with Gasteiger partial charge < -0.3 is 9.62 Å². The van der Waals surface area contributed by atoms with E-state index < -0.39 is 0 Å². The lowest BCUT2D eigenvalue weighted by Gasteiger charge is -2.20. The summed E-state index contributed by atoms with van der Waals surface area (Å²) in [6.45, 7) is 0.580. The molecule has 0 amide bonds. The highest BCUT2D eigenvalue weighted by atomic mass is 35.5. The first-order valence-electron chi connectivity index (χ1n) is 12.0. The molecule has 1 saturated carbocycles. The molecule has 0 spiro atoms. The first kappa shape index (κ1) is 25.9. The van der Waals surface area contributed by atoms with Gasteiger partial charge in [0.2, 0.25) is 5.13 Å². The molecule has 36 heavy (non-hydrogen) atoms. The number of hydrogen-bond donors (Lipinski definition) is 0. The number of unbranched alkanes of at least 4 members (excludes halogenated alkanes) is 2. The first-order valence-corrected chi connectivity index (χ1v) is 13.2. The number of thiazole rings is 1. The van der Waals surface area contributed by atoms with Gasteiger partial charge in [0.25, 0.3) is 0 Å². The van der Waals surface area contributed by atoms with Crippen LogP contribution in [0.1, 0.15) is 56.9 Å². The maximum Gasteiger partial charge on any atom is 0.314 e. The molecule has 188 valence electrons. The SMILES string of the molecule is N#CCCCCN(/N=C/c1cc(OC(=O)C2CCCCC2)ccc1OOCl)c1nc2ccccc2s1. The highest BCUT2D eigenvalue weighted by Gasteiger charge is 2.23. The van der Waals surface area contributed by atoms with Crippen LogP contribution in [0.5, 0.6) is 11.5 Å². The number of para-hydroxylation sites is 1. The van der Waals surface area contributed by atoms with E-state index in [1.165, 1.54) is 11.3 Å². The fourth-order valence-electron chi connectivity index (χ4n) is 4.11. The molecule has 0 radical (unpaired) electrons. The van der Waals surface area contributed by atoms with Crippen LogP contribution >= 0.6 is 23.2 Å². The molecule has 1 aromatic heterocycles. The molecule has 0 unspecified atom stereocenters. The summed E-state index contributed by atoms with van der Waals surface area (Å²) in [4.78, 5) is 22.4. The van der Waals surface area contributed by atoms with Crippen LogP contribution in [0, 0.1) is 17.2 Å². The van der Waals surface area contributed by atoms with Crippen LogP contribution in [-0.4, -0.2) is 23.7 Å². The van der Waals surface area contributed by atoms with Gasteiger partial charge in [-0.15, -0.1) is 0 Å². The van der Waals surface area contributed by atoms with Gasteiger partial charge in [0.05, 0.1) is 28.4 Å². The van der Waals surface area contributed by atoms with E-state index in [0.717, 1.165) is 60.3 Å².